The fraction of sp³-hybridized carbons (Fsp3) is 0.167. The maximum Gasteiger partial charge on any atom is 0.0998 e. The molecule has 0 aliphatic heterocycles. The van der Waals surface area contributed by atoms with E-state index in [2.05, 4.69) is 38.7 Å². The molecular formula is C18H17N5S. The minimum Gasteiger partial charge on any atom is -0.307 e. The van der Waals surface area contributed by atoms with Gasteiger partial charge in [0.05, 0.1) is 32.8 Å². The topological polar surface area (TPSA) is 55.6 Å². The Labute approximate surface area is 144 Å². The zero-order chi connectivity index (χ0) is 16.4. The number of nitrogens with zero attached hydrogens (tertiary/aromatic N) is 4. The first-order chi connectivity index (χ1) is 11.8. The highest BCUT2D eigenvalue weighted by Gasteiger charge is 2.08. The molecule has 0 saturated heterocycles. The molecule has 2 heterocycles. The standard InChI is InChI=1S/C18H17N5S/c1-13-17(22-23(21-13)15-5-3-2-4-6-15)11-19-10-14-7-8-18-16(9-14)20-12-24-18/h2-9,12,19H,10-11H2,1H3. The third-order valence-corrected chi connectivity index (χ3v) is 4.69. The smallest absolute Gasteiger partial charge is 0.0998 e. The van der Waals surface area contributed by atoms with E-state index in [1.54, 1.807) is 16.1 Å². The molecule has 120 valence electrons. The number of aromatic nitrogens is 4. The Kier molecular flexibility index (Phi) is 4.06. The molecule has 0 aliphatic carbocycles. The molecule has 0 unspecified atom stereocenters. The number of aryl methyl sites for hydroxylation is 1. The van der Waals surface area contributed by atoms with Crippen LogP contribution in [0.25, 0.3) is 15.9 Å². The quantitative estimate of drug-likeness (QED) is 0.607. The third-order valence-electron chi connectivity index (χ3n) is 3.88. The number of fused-ring (bicyclic) bond motifs is 1. The molecular weight excluding hydrogens is 318 g/mol. The third kappa shape index (κ3) is 3.06. The molecule has 0 radical (unpaired) electrons. The van der Waals surface area contributed by atoms with Crippen molar-refractivity contribution in [1.29, 1.82) is 0 Å². The van der Waals surface area contributed by atoms with E-state index in [0.29, 0.717) is 6.54 Å². The van der Waals surface area contributed by atoms with E-state index >= 15 is 0 Å². The Hall–Kier alpha value is -2.57. The van der Waals surface area contributed by atoms with Crippen LogP contribution in [0.4, 0.5) is 0 Å². The van der Waals surface area contributed by atoms with Crippen LogP contribution in [-0.4, -0.2) is 20.0 Å². The average Bonchev–Trinajstić information content (AvgIpc) is 3.22. The van der Waals surface area contributed by atoms with E-state index in [9.17, 15) is 0 Å². The highest BCUT2D eigenvalue weighted by Crippen LogP contribution is 2.18. The summed E-state index contributed by atoms with van der Waals surface area (Å²) >= 11 is 1.67. The molecule has 0 amide bonds. The molecule has 0 aliphatic rings. The molecule has 0 fully saturated rings. The number of thiazole rings is 1. The Morgan fingerprint density at radius 3 is 2.79 bits per heavy atom. The lowest BCUT2D eigenvalue weighted by atomic mass is 10.2. The highest BCUT2D eigenvalue weighted by molar-refractivity contribution is 7.16. The van der Waals surface area contributed by atoms with Gasteiger partial charge < -0.3 is 5.32 Å². The first-order valence-corrected chi connectivity index (χ1v) is 8.69. The second kappa shape index (κ2) is 6.51. The summed E-state index contributed by atoms with van der Waals surface area (Å²) in [4.78, 5) is 6.05. The second-order valence-corrected chi connectivity index (χ2v) is 6.50. The molecule has 2 aromatic heterocycles. The summed E-state index contributed by atoms with van der Waals surface area (Å²) in [6, 6.07) is 16.4. The van der Waals surface area contributed by atoms with Gasteiger partial charge in [0.25, 0.3) is 0 Å². The van der Waals surface area contributed by atoms with Gasteiger partial charge in [0.2, 0.25) is 0 Å². The van der Waals surface area contributed by atoms with E-state index in [1.165, 1.54) is 10.3 Å². The van der Waals surface area contributed by atoms with Gasteiger partial charge >= 0.3 is 0 Å². The lowest BCUT2D eigenvalue weighted by Gasteiger charge is -2.03. The first kappa shape index (κ1) is 15.0. The van der Waals surface area contributed by atoms with Crippen LogP contribution in [-0.2, 0) is 13.1 Å². The number of hydrogen-bond acceptors (Lipinski definition) is 5. The van der Waals surface area contributed by atoms with Crippen molar-refractivity contribution in [2.24, 2.45) is 0 Å². The van der Waals surface area contributed by atoms with Gasteiger partial charge in [-0.3, -0.25) is 0 Å². The molecule has 0 spiro atoms. The normalized spacial score (nSPS) is 11.2. The van der Waals surface area contributed by atoms with Crippen molar-refractivity contribution in [3.8, 4) is 5.69 Å². The van der Waals surface area contributed by atoms with E-state index in [-0.39, 0.29) is 0 Å². The van der Waals surface area contributed by atoms with Crippen molar-refractivity contribution in [2.75, 3.05) is 0 Å². The van der Waals surface area contributed by atoms with Crippen molar-refractivity contribution < 1.29 is 0 Å². The molecule has 0 bridgehead atoms. The fourth-order valence-electron chi connectivity index (χ4n) is 2.59. The predicted molar refractivity (Wildman–Crippen MR) is 96.3 cm³/mol. The molecule has 6 heteroatoms. The van der Waals surface area contributed by atoms with Crippen molar-refractivity contribution in [3.05, 3.63) is 71.0 Å². The zero-order valence-electron chi connectivity index (χ0n) is 13.3. The maximum absolute atomic E-state index is 4.59. The van der Waals surface area contributed by atoms with Gasteiger partial charge in [-0.15, -0.1) is 11.3 Å². The molecule has 2 aromatic carbocycles. The monoisotopic (exact) mass is 335 g/mol. The molecule has 4 aromatic rings. The van der Waals surface area contributed by atoms with Crippen LogP contribution < -0.4 is 5.32 Å². The van der Waals surface area contributed by atoms with Crippen LogP contribution >= 0.6 is 11.3 Å². The van der Waals surface area contributed by atoms with Crippen LogP contribution in [0.5, 0.6) is 0 Å². The number of hydrogen-bond donors (Lipinski definition) is 1. The summed E-state index contributed by atoms with van der Waals surface area (Å²) in [5, 5.41) is 12.5. The SMILES string of the molecule is Cc1nn(-c2ccccc2)nc1CNCc1ccc2scnc2c1. The van der Waals surface area contributed by atoms with Crippen LogP contribution in [0.1, 0.15) is 17.0 Å². The van der Waals surface area contributed by atoms with Gasteiger partial charge in [-0.05, 0) is 36.8 Å². The van der Waals surface area contributed by atoms with E-state index in [0.717, 1.165) is 29.1 Å². The summed E-state index contributed by atoms with van der Waals surface area (Å²) in [6.07, 6.45) is 0. The molecule has 1 N–H and O–H groups in total. The molecule has 5 nitrogen and oxygen atoms in total. The van der Waals surface area contributed by atoms with Crippen molar-refractivity contribution in [1.82, 2.24) is 25.3 Å². The molecule has 4 rings (SSSR count). The van der Waals surface area contributed by atoms with E-state index in [1.807, 2.05) is 42.8 Å². The zero-order valence-corrected chi connectivity index (χ0v) is 14.1. The first-order valence-electron chi connectivity index (χ1n) is 7.81. The van der Waals surface area contributed by atoms with Gasteiger partial charge in [0, 0.05) is 13.1 Å². The van der Waals surface area contributed by atoms with E-state index in [4.69, 9.17) is 0 Å². The molecule has 24 heavy (non-hydrogen) atoms. The van der Waals surface area contributed by atoms with Gasteiger partial charge in [0.15, 0.2) is 0 Å². The fourth-order valence-corrected chi connectivity index (χ4v) is 3.25. The lowest BCUT2D eigenvalue weighted by Crippen LogP contribution is -2.14. The largest absolute Gasteiger partial charge is 0.307 e. The summed E-state index contributed by atoms with van der Waals surface area (Å²) in [5.74, 6) is 0. The van der Waals surface area contributed by atoms with Crippen LogP contribution in [0, 0.1) is 6.92 Å². The number of rotatable bonds is 5. The van der Waals surface area contributed by atoms with E-state index < -0.39 is 0 Å². The average molecular weight is 335 g/mol. The van der Waals surface area contributed by atoms with Crippen molar-refractivity contribution in [2.45, 2.75) is 20.0 Å². The Balaban J connectivity index is 1.43. The predicted octanol–water partition coefficient (Wildman–Crippen LogP) is 3.48. The minimum absolute atomic E-state index is 0.688. The minimum atomic E-state index is 0.688. The van der Waals surface area contributed by atoms with Crippen molar-refractivity contribution >= 4 is 21.6 Å². The summed E-state index contributed by atoms with van der Waals surface area (Å²) in [6.45, 7) is 3.46. The summed E-state index contributed by atoms with van der Waals surface area (Å²) in [5.41, 5.74) is 7.05. The van der Waals surface area contributed by atoms with Crippen LogP contribution in [0.3, 0.4) is 0 Å². The number of para-hydroxylation sites is 1. The van der Waals surface area contributed by atoms with Crippen molar-refractivity contribution in [3.63, 3.8) is 0 Å². The second-order valence-electron chi connectivity index (χ2n) is 5.62. The summed E-state index contributed by atoms with van der Waals surface area (Å²) < 4.78 is 1.22. The Morgan fingerprint density at radius 2 is 1.92 bits per heavy atom. The Morgan fingerprint density at radius 1 is 1.04 bits per heavy atom. The summed E-state index contributed by atoms with van der Waals surface area (Å²) in [7, 11) is 0. The van der Waals surface area contributed by atoms with Gasteiger partial charge in [0.1, 0.15) is 0 Å². The Bertz CT molecular complexity index is 958. The van der Waals surface area contributed by atoms with Gasteiger partial charge in [-0.25, -0.2) is 4.98 Å². The number of benzene rings is 2. The molecule has 0 saturated carbocycles. The van der Waals surface area contributed by atoms with Gasteiger partial charge in [-0.1, -0.05) is 24.3 Å². The van der Waals surface area contributed by atoms with Crippen LogP contribution in [0.15, 0.2) is 54.0 Å². The number of nitrogens with one attached hydrogen (secondary N) is 1. The van der Waals surface area contributed by atoms with Crippen LogP contribution in [0.2, 0.25) is 0 Å². The maximum atomic E-state index is 4.59. The highest BCUT2D eigenvalue weighted by atomic mass is 32.1. The van der Waals surface area contributed by atoms with Gasteiger partial charge in [-0.2, -0.15) is 15.0 Å². The molecule has 0 atom stereocenters. The lowest BCUT2D eigenvalue weighted by molar-refractivity contribution is 0.662.